The van der Waals surface area contributed by atoms with Gasteiger partial charge in [0.1, 0.15) is 5.82 Å². The number of benzene rings is 1. The number of rotatable bonds is 5. The second kappa shape index (κ2) is 5.87. The summed E-state index contributed by atoms with van der Waals surface area (Å²) < 4.78 is 18.9. The van der Waals surface area contributed by atoms with Crippen molar-refractivity contribution in [1.29, 1.82) is 0 Å². The molecule has 0 bridgehead atoms. The molecule has 2 rings (SSSR count). The molecule has 0 radical (unpaired) electrons. The van der Waals surface area contributed by atoms with Crippen LogP contribution < -0.4 is 4.74 Å². The fraction of sp³-hybridized carbons (Fsp3) is 0.308. The number of aromatic amines is 1. The highest BCUT2D eigenvalue weighted by molar-refractivity contribution is 6.17. The minimum atomic E-state index is -0.372. The Hall–Kier alpha value is -1.55. The molecule has 0 fully saturated rings. The summed E-state index contributed by atoms with van der Waals surface area (Å²) in [6, 6.07) is 4.85. The highest BCUT2D eigenvalue weighted by Gasteiger charge is 2.08. The molecule has 0 saturated heterocycles. The largest absolute Gasteiger partial charge is 0.491 e. The third-order valence-electron chi connectivity index (χ3n) is 2.50. The van der Waals surface area contributed by atoms with Crippen molar-refractivity contribution in [2.24, 2.45) is 0 Å². The van der Waals surface area contributed by atoms with Crippen molar-refractivity contribution in [3.8, 4) is 17.0 Å². The van der Waals surface area contributed by atoms with Crippen molar-refractivity contribution in [2.45, 2.75) is 13.3 Å². The molecule has 18 heavy (non-hydrogen) atoms. The van der Waals surface area contributed by atoms with E-state index in [1.807, 2.05) is 6.92 Å². The maximum absolute atomic E-state index is 13.7. The number of nitrogens with zero attached hydrogens (tertiary/aromatic N) is 1. The van der Waals surface area contributed by atoms with Crippen LogP contribution in [0.15, 0.2) is 24.4 Å². The first-order chi connectivity index (χ1) is 8.74. The minimum Gasteiger partial charge on any atom is -0.491 e. The molecule has 1 aromatic carbocycles. The third-order valence-corrected chi connectivity index (χ3v) is 2.69. The summed E-state index contributed by atoms with van der Waals surface area (Å²) >= 11 is 5.64. The summed E-state index contributed by atoms with van der Waals surface area (Å²) in [6.45, 7) is 2.26. The summed E-state index contributed by atoms with van der Waals surface area (Å²) in [5.41, 5.74) is 1.52. The first-order valence-electron chi connectivity index (χ1n) is 5.77. The molecular weight excluding hydrogens is 255 g/mol. The number of nitrogens with one attached hydrogen (secondary N) is 1. The number of imidazole rings is 1. The Morgan fingerprint density at radius 1 is 1.44 bits per heavy atom. The van der Waals surface area contributed by atoms with Gasteiger partial charge in [0.15, 0.2) is 11.6 Å². The number of ether oxygens (including phenoxy) is 1. The predicted molar refractivity (Wildman–Crippen MR) is 69.6 cm³/mol. The van der Waals surface area contributed by atoms with Gasteiger partial charge < -0.3 is 9.72 Å². The number of halogens is 2. The summed E-state index contributed by atoms with van der Waals surface area (Å²) in [6.07, 6.45) is 2.35. The molecule has 2 aromatic rings. The summed E-state index contributed by atoms with van der Waals surface area (Å²) in [5.74, 6) is 1.20. The number of hydrogen-bond acceptors (Lipinski definition) is 2. The maximum atomic E-state index is 13.7. The first-order valence-corrected chi connectivity index (χ1v) is 6.30. The maximum Gasteiger partial charge on any atom is 0.165 e. The lowest BCUT2D eigenvalue weighted by Crippen LogP contribution is -1.94. The van der Waals surface area contributed by atoms with Crippen molar-refractivity contribution in [3.63, 3.8) is 0 Å². The molecule has 0 aliphatic carbocycles. The van der Waals surface area contributed by atoms with Gasteiger partial charge in [0.05, 0.1) is 18.5 Å². The van der Waals surface area contributed by atoms with E-state index < -0.39 is 0 Å². The average molecular weight is 269 g/mol. The Labute approximate surface area is 110 Å². The van der Waals surface area contributed by atoms with E-state index in [2.05, 4.69) is 9.97 Å². The Morgan fingerprint density at radius 3 is 2.94 bits per heavy atom. The Balaban J connectivity index is 2.24. The van der Waals surface area contributed by atoms with Gasteiger partial charge in [0.2, 0.25) is 0 Å². The van der Waals surface area contributed by atoms with Crippen molar-refractivity contribution >= 4 is 11.6 Å². The average Bonchev–Trinajstić information content (AvgIpc) is 2.81. The van der Waals surface area contributed by atoms with Crippen LogP contribution in [0.25, 0.3) is 11.3 Å². The van der Waals surface area contributed by atoms with E-state index in [1.54, 1.807) is 18.3 Å². The van der Waals surface area contributed by atoms with Crippen LogP contribution in [-0.4, -0.2) is 22.5 Å². The Morgan fingerprint density at radius 2 is 2.28 bits per heavy atom. The topological polar surface area (TPSA) is 37.9 Å². The van der Waals surface area contributed by atoms with Crippen LogP contribution in [0, 0.1) is 5.82 Å². The molecule has 1 N–H and O–H groups in total. The quantitative estimate of drug-likeness (QED) is 0.844. The van der Waals surface area contributed by atoms with Gasteiger partial charge in [0, 0.05) is 17.9 Å². The van der Waals surface area contributed by atoms with Crippen LogP contribution in [0.4, 0.5) is 4.39 Å². The van der Waals surface area contributed by atoms with Crippen molar-refractivity contribution in [1.82, 2.24) is 9.97 Å². The number of hydrogen-bond donors (Lipinski definition) is 1. The molecule has 0 saturated carbocycles. The standard InChI is InChI=1S/C13H14ClFN2O/c1-2-18-12-4-3-9(7-10(12)15)11-8-16-13(17-11)5-6-14/h3-4,7-8H,2,5-6H2,1H3,(H,16,17). The van der Waals surface area contributed by atoms with E-state index in [4.69, 9.17) is 16.3 Å². The molecule has 0 spiro atoms. The monoisotopic (exact) mass is 268 g/mol. The highest BCUT2D eigenvalue weighted by Crippen LogP contribution is 2.24. The van der Waals surface area contributed by atoms with E-state index in [-0.39, 0.29) is 11.6 Å². The van der Waals surface area contributed by atoms with Gasteiger partial charge in [-0.3, -0.25) is 0 Å². The molecule has 96 valence electrons. The van der Waals surface area contributed by atoms with Gasteiger partial charge in [0.25, 0.3) is 0 Å². The van der Waals surface area contributed by atoms with Crippen molar-refractivity contribution in [2.75, 3.05) is 12.5 Å². The number of aromatic nitrogens is 2. The normalized spacial score (nSPS) is 10.6. The summed E-state index contributed by atoms with van der Waals surface area (Å²) in [4.78, 5) is 7.28. The second-order valence-electron chi connectivity index (χ2n) is 3.76. The summed E-state index contributed by atoms with van der Waals surface area (Å²) in [7, 11) is 0. The highest BCUT2D eigenvalue weighted by atomic mass is 35.5. The van der Waals surface area contributed by atoms with Crippen LogP contribution in [0.3, 0.4) is 0 Å². The van der Waals surface area contributed by atoms with E-state index in [1.165, 1.54) is 6.07 Å². The molecule has 5 heteroatoms. The molecule has 0 aliphatic heterocycles. The Bertz CT molecular complexity index is 527. The van der Waals surface area contributed by atoms with E-state index in [0.717, 1.165) is 17.1 Å². The molecule has 0 amide bonds. The molecule has 1 aromatic heterocycles. The van der Waals surface area contributed by atoms with Gasteiger partial charge >= 0.3 is 0 Å². The van der Waals surface area contributed by atoms with Crippen LogP contribution in [0.2, 0.25) is 0 Å². The Kier molecular flexibility index (Phi) is 4.20. The van der Waals surface area contributed by atoms with E-state index in [9.17, 15) is 4.39 Å². The lowest BCUT2D eigenvalue weighted by Gasteiger charge is -2.05. The van der Waals surface area contributed by atoms with Crippen LogP contribution in [-0.2, 0) is 6.42 Å². The predicted octanol–water partition coefficient (Wildman–Crippen LogP) is 3.40. The SMILES string of the molecule is CCOc1ccc(-c2cnc(CCCl)[nH]2)cc1F. The number of H-pyrrole nitrogens is 1. The molecule has 1 heterocycles. The van der Waals surface area contributed by atoms with Gasteiger partial charge in [-0.15, -0.1) is 11.6 Å². The van der Waals surface area contributed by atoms with Crippen LogP contribution in [0.5, 0.6) is 5.75 Å². The fourth-order valence-electron chi connectivity index (χ4n) is 1.67. The van der Waals surface area contributed by atoms with Crippen molar-refractivity contribution < 1.29 is 9.13 Å². The minimum absolute atomic E-state index is 0.266. The van der Waals surface area contributed by atoms with Crippen LogP contribution >= 0.6 is 11.6 Å². The smallest absolute Gasteiger partial charge is 0.165 e. The molecule has 3 nitrogen and oxygen atoms in total. The first kappa shape index (κ1) is 12.9. The van der Waals surface area contributed by atoms with Crippen LogP contribution in [0.1, 0.15) is 12.7 Å². The van der Waals surface area contributed by atoms with Crippen molar-refractivity contribution in [3.05, 3.63) is 36.0 Å². The van der Waals surface area contributed by atoms with Gasteiger partial charge in [-0.25, -0.2) is 9.37 Å². The van der Waals surface area contributed by atoms with E-state index in [0.29, 0.717) is 18.9 Å². The molecule has 0 atom stereocenters. The zero-order valence-electron chi connectivity index (χ0n) is 10.0. The zero-order chi connectivity index (χ0) is 13.0. The zero-order valence-corrected chi connectivity index (χ0v) is 10.8. The number of aryl methyl sites for hydroxylation is 1. The molecular formula is C13H14ClFN2O. The van der Waals surface area contributed by atoms with Gasteiger partial charge in [-0.1, -0.05) is 0 Å². The van der Waals surface area contributed by atoms with E-state index >= 15 is 0 Å². The third kappa shape index (κ3) is 2.82. The lowest BCUT2D eigenvalue weighted by atomic mass is 10.1. The fourth-order valence-corrected chi connectivity index (χ4v) is 1.85. The second-order valence-corrected chi connectivity index (χ2v) is 4.14. The lowest BCUT2D eigenvalue weighted by molar-refractivity contribution is 0.321. The summed E-state index contributed by atoms with van der Waals surface area (Å²) in [5, 5.41) is 0. The van der Waals surface area contributed by atoms with Gasteiger partial charge in [-0.05, 0) is 25.1 Å². The van der Waals surface area contributed by atoms with Gasteiger partial charge in [-0.2, -0.15) is 0 Å². The molecule has 0 unspecified atom stereocenters. The molecule has 0 aliphatic rings. The number of alkyl halides is 1.